The monoisotopic (exact) mass is 344 g/mol. The number of carbonyl (C=O) groups excluding carboxylic acids is 1. The van der Waals surface area contributed by atoms with Crippen LogP contribution in [0.25, 0.3) is 0 Å². The second-order valence-electron chi connectivity index (χ2n) is 5.33. The number of aryl methyl sites for hydroxylation is 2. The van der Waals surface area contributed by atoms with Gasteiger partial charge in [0.05, 0.1) is 5.56 Å². The van der Waals surface area contributed by atoms with Crippen LogP contribution in [0.1, 0.15) is 29.2 Å². The van der Waals surface area contributed by atoms with Gasteiger partial charge in [-0.05, 0) is 49.2 Å². The highest BCUT2D eigenvalue weighted by molar-refractivity contribution is 5.70. The molecule has 2 rings (SSSR count). The highest BCUT2D eigenvalue weighted by atomic mass is 19.3. The zero-order chi connectivity index (χ0) is 18.2. The normalized spacial score (nSPS) is 11.5. The SMILES string of the molecule is CC(=O)Oc1c(C)cc(C(F)(F)c2ccc(F)c(F)c2F)cc1C. The van der Waals surface area contributed by atoms with Crippen LogP contribution in [0.2, 0.25) is 0 Å². The highest BCUT2D eigenvalue weighted by Gasteiger charge is 2.39. The third-order valence-corrected chi connectivity index (χ3v) is 3.44. The highest BCUT2D eigenvalue weighted by Crippen LogP contribution is 2.40. The van der Waals surface area contributed by atoms with E-state index in [0.717, 1.165) is 19.1 Å². The van der Waals surface area contributed by atoms with E-state index in [1.165, 1.54) is 13.8 Å². The van der Waals surface area contributed by atoms with Crippen LogP contribution in [-0.4, -0.2) is 5.97 Å². The second kappa shape index (κ2) is 6.22. The molecule has 0 unspecified atom stereocenters. The standard InChI is InChI=1S/C17H13F5O2/c1-8-6-11(7-9(2)16(8)24-10(3)23)17(21,22)12-4-5-13(18)15(20)14(12)19/h4-7H,1-3H3. The fraction of sp³-hybridized carbons (Fsp3) is 0.235. The molecule has 0 saturated heterocycles. The topological polar surface area (TPSA) is 26.3 Å². The molecule has 0 aliphatic carbocycles. The molecule has 0 atom stereocenters. The van der Waals surface area contributed by atoms with Crippen LogP contribution >= 0.6 is 0 Å². The number of hydrogen-bond donors (Lipinski definition) is 0. The molecule has 0 N–H and O–H groups in total. The minimum atomic E-state index is -3.90. The van der Waals surface area contributed by atoms with E-state index in [0.29, 0.717) is 12.1 Å². The van der Waals surface area contributed by atoms with E-state index >= 15 is 0 Å². The lowest BCUT2D eigenvalue weighted by Crippen LogP contribution is -2.19. The molecule has 0 aromatic heterocycles. The Bertz CT molecular complexity index is 792. The van der Waals surface area contributed by atoms with Gasteiger partial charge in [-0.2, -0.15) is 8.78 Å². The molecule has 0 amide bonds. The minimum Gasteiger partial charge on any atom is -0.426 e. The molecule has 0 bridgehead atoms. The van der Waals surface area contributed by atoms with Gasteiger partial charge in [-0.15, -0.1) is 0 Å². The quantitative estimate of drug-likeness (QED) is 0.346. The van der Waals surface area contributed by atoms with Crippen molar-refractivity contribution in [2.24, 2.45) is 0 Å². The van der Waals surface area contributed by atoms with Gasteiger partial charge in [0, 0.05) is 12.5 Å². The van der Waals surface area contributed by atoms with Gasteiger partial charge >= 0.3 is 11.9 Å². The Kier molecular flexibility index (Phi) is 4.64. The lowest BCUT2D eigenvalue weighted by atomic mass is 9.95. The number of alkyl halides is 2. The second-order valence-corrected chi connectivity index (χ2v) is 5.33. The molecule has 0 aliphatic rings. The van der Waals surface area contributed by atoms with Gasteiger partial charge in [0.25, 0.3) is 0 Å². The van der Waals surface area contributed by atoms with Crippen molar-refractivity contribution in [1.82, 2.24) is 0 Å². The maximum Gasteiger partial charge on any atom is 0.308 e. The molecule has 24 heavy (non-hydrogen) atoms. The summed E-state index contributed by atoms with van der Waals surface area (Å²) in [5, 5.41) is 0. The van der Waals surface area contributed by atoms with Crippen LogP contribution in [0.3, 0.4) is 0 Å². The van der Waals surface area contributed by atoms with Gasteiger partial charge in [-0.25, -0.2) is 13.2 Å². The van der Waals surface area contributed by atoms with E-state index in [9.17, 15) is 26.7 Å². The molecule has 2 aromatic rings. The average molecular weight is 344 g/mol. The van der Waals surface area contributed by atoms with Crippen molar-refractivity contribution in [1.29, 1.82) is 0 Å². The first-order chi connectivity index (χ1) is 11.1. The largest absolute Gasteiger partial charge is 0.426 e. The van der Waals surface area contributed by atoms with E-state index in [-0.39, 0.29) is 16.9 Å². The van der Waals surface area contributed by atoms with Gasteiger partial charge < -0.3 is 4.74 Å². The molecule has 0 heterocycles. The molecule has 128 valence electrons. The smallest absolute Gasteiger partial charge is 0.308 e. The Labute approximate surface area is 134 Å². The fourth-order valence-corrected chi connectivity index (χ4v) is 2.36. The lowest BCUT2D eigenvalue weighted by Gasteiger charge is -2.20. The Morgan fingerprint density at radius 3 is 2.04 bits per heavy atom. The van der Waals surface area contributed by atoms with Crippen LogP contribution in [-0.2, 0) is 10.7 Å². The van der Waals surface area contributed by atoms with E-state index in [1.807, 2.05) is 0 Å². The number of hydrogen-bond acceptors (Lipinski definition) is 2. The zero-order valence-electron chi connectivity index (χ0n) is 13.0. The predicted molar refractivity (Wildman–Crippen MR) is 76.5 cm³/mol. The molecule has 0 radical (unpaired) electrons. The molecule has 0 fully saturated rings. The Morgan fingerprint density at radius 1 is 1.00 bits per heavy atom. The third-order valence-electron chi connectivity index (χ3n) is 3.44. The zero-order valence-corrected chi connectivity index (χ0v) is 13.0. The van der Waals surface area contributed by atoms with Gasteiger partial charge in [-0.1, -0.05) is 0 Å². The summed E-state index contributed by atoms with van der Waals surface area (Å²) in [5.41, 5.74) is -1.45. The van der Waals surface area contributed by atoms with Crippen LogP contribution in [0.15, 0.2) is 24.3 Å². The molecule has 2 nitrogen and oxygen atoms in total. The molecule has 0 spiro atoms. The van der Waals surface area contributed by atoms with Crippen molar-refractivity contribution >= 4 is 5.97 Å². The number of esters is 1. The van der Waals surface area contributed by atoms with Gasteiger partial charge in [0.1, 0.15) is 5.75 Å². The van der Waals surface area contributed by atoms with E-state index < -0.39 is 40.5 Å². The Morgan fingerprint density at radius 2 is 1.54 bits per heavy atom. The molecular weight excluding hydrogens is 331 g/mol. The first-order valence-corrected chi connectivity index (χ1v) is 6.87. The summed E-state index contributed by atoms with van der Waals surface area (Å²) in [5.74, 6) is -9.86. The molecule has 7 heteroatoms. The van der Waals surface area contributed by atoms with Crippen LogP contribution in [0, 0.1) is 31.3 Å². The number of benzene rings is 2. The maximum absolute atomic E-state index is 14.6. The van der Waals surface area contributed by atoms with Crippen molar-refractivity contribution in [3.63, 3.8) is 0 Å². The molecular formula is C17H13F5O2. The average Bonchev–Trinajstić information content (AvgIpc) is 2.47. The lowest BCUT2D eigenvalue weighted by molar-refractivity contribution is -0.131. The third kappa shape index (κ3) is 3.11. The van der Waals surface area contributed by atoms with Crippen molar-refractivity contribution < 1.29 is 31.5 Å². The Hall–Kier alpha value is -2.44. The number of rotatable bonds is 3. The molecule has 0 aliphatic heterocycles. The predicted octanol–water partition coefficient (Wildman–Crippen LogP) is 4.79. The van der Waals surface area contributed by atoms with Crippen molar-refractivity contribution in [2.45, 2.75) is 26.7 Å². The van der Waals surface area contributed by atoms with Gasteiger partial charge in [0.15, 0.2) is 17.5 Å². The Balaban J connectivity index is 2.58. The summed E-state index contributed by atoms with van der Waals surface area (Å²) < 4.78 is 74.0. The van der Waals surface area contributed by atoms with Crippen molar-refractivity contribution in [3.8, 4) is 5.75 Å². The van der Waals surface area contributed by atoms with Gasteiger partial charge in [-0.3, -0.25) is 4.79 Å². The summed E-state index contributed by atoms with van der Waals surface area (Å²) in [6, 6.07) is 2.95. The summed E-state index contributed by atoms with van der Waals surface area (Å²) in [6.45, 7) is 4.04. The summed E-state index contributed by atoms with van der Waals surface area (Å²) in [4.78, 5) is 11.0. The van der Waals surface area contributed by atoms with Crippen LogP contribution < -0.4 is 4.74 Å². The summed E-state index contributed by atoms with van der Waals surface area (Å²) >= 11 is 0. The molecule has 2 aromatic carbocycles. The van der Waals surface area contributed by atoms with Crippen LogP contribution in [0.5, 0.6) is 5.75 Å². The minimum absolute atomic E-state index is 0.118. The summed E-state index contributed by atoms with van der Waals surface area (Å²) in [7, 11) is 0. The maximum atomic E-state index is 14.6. The van der Waals surface area contributed by atoms with E-state index in [1.54, 1.807) is 0 Å². The number of halogens is 5. The number of carbonyl (C=O) groups is 1. The number of ether oxygens (including phenoxy) is 1. The van der Waals surface area contributed by atoms with Crippen molar-refractivity contribution in [3.05, 3.63) is 64.0 Å². The fourth-order valence-electron chi connectivity index (χ4n) is 2.36. The van der Waals surface area contributed by atoms with E-state index in [4.69, 9.17) is 4.74 Å². The molecule has 0 saturated carbocycles. The van der Waals surface area contributed by atoms with Crippen LogP contribution in [0.4, 0.5) is 22.0 Å². The van der Waals surface area contributed by atoms with Crippen molar-refractivity contribution in [2.75, 3.05) is 0 Å². The van der Waals surface area contributed by atoms with E-state index in [2.05, 4.69) is 0 Å². The first kappa shape index (κ1) is 17.9. The summed E-state index contributed by atoms with van der Waals surface area (Å²) in [6.07, 6.45) is 0. The first-order valence-electron chi connectivity index (χ1n) is 6.87. The van der Waals surface area contributed by atoms with Gasteiger partial charge in [0.2, 0.25) is 0 Å².